The van der Waals surface area contributed by atoms with Crippen molar-refractivity contribution in [3.8, 4) is 0 Å². The van der Waals surface area contributed by atoms with Gasteiger partial charge in [0.05, 0.1) is 17.3 Å². The highest BCUT2D eigenvalue weighted by atomic mass is 32.1. The molecule has 2 N–H and O–H groups in total. The predicted molar refractivity (Wildman–Crippen MR) is 74.7 cm³/mol. The Hall–Kier alpha value is -0.490. The smallest absolute Gasteiger partial charge is 0.0941 e. The molecule has 1 aliphatic heterocycles. The van der Waals surface area contributed by atoms with Crippen LogP contribution >= 0.6 is 11.3 Å². The predicted octanol–water partition coefficient (Wildman–Crippen LogP) is 1.50. The number of nitrogens with zero attached hydrogens (tertiary/aromatic N) is 2. The first-order valence-electron chi connectivity index (χ1n) is 6.66. The van der Waals surface area contributed by atoms with E-state index in [9.17, 15) is 0 Å². The molecular weight excluding hydrogens is 246 g/mol. The van der Waals surface area contributed by atoms with Gasteiger partial charge in [0.15, 0.2) is 0 Å². The molecule has 2 rings (SSSR count). The lowest BCUT2D eigenvalue weighted by atomic mass is 9.99. The van der Waals surface area contributed by atoms with Crippen LogP contribution in [0.2, 0.25) is 0 Å². The van der Waals surface area contributed by atoms with Gasteiger partial charge in [-0.05, 0) is 31.8 Å². The molecule has 1 unspecified atom stereocenters. The summed E-state index contributed by atoms with van der Waals surface area (Å²) in [5.41, 5.74) is 6.74. The summed E-state index contributed by atoms with van der Waals surface area (Å²) >= 11 is 1.73. The largest absolute Gasteiger partial charge is 0.384 e. The third-order valence-electron chi connectivity index (χ3n) is 3.35. The lowest BCUT2D eigenvalue weighted by Crippen LogP contribution is -2.36. The van der Waals surface area contributed by atoms with Gasteiger partial charge in [0, 0.05) is 32.0 Å². The van der Waals surface area contributed by atoms with Crippen molar-refractivity contribution in [3.05, 3.63) is 16.1 Å². The van der Waals surface area contributed by atoms with E-state index in [1.807, 2.05) is 0 Å². The van der Waals surface area contributed by atoms with Crippen LogP contribution in [0.4, 0.5) is 0 Å². The summed E-state index contributed by atoms with van der Waals surface area (Å²) in [4.78, 5) is 7.13. The maximum Gasteiger partial charge on any atom is 0.0941 e. The molecule has 102 valence electrons. The number of rotatable bonds is 6. The molecule has 1 aliphatic rings. The van der Waals surface area contributed by atoms with Crippen LogP contribution in [0.25, 0.3) is 0 Å². The Morgan fingerprint density at radius 2 is 2.50 bits per heavy atom. The fourth-order valence-electron chi connectivity index (χ4n) is 2.56. The molecular formula is C13H23N3OS. The molecule has 1 fully saturated rings. The van der Waals surface area contributed by atoms with E-state index in [-0.39, 0.29) is 0 Å². The molecule has 0 radical (unpaired) electrons. The number of aromatic nitrogens is 1. The second-order valence-corrected chi connectivity index (χ2v) is 5.91. The van der Waals surface area contributed by atoms with E-state index in [2.05, 4.69) is 15.3 Å². The van der Waals surface area contributed by atoms with Gasteiger partial charge in [-0.3, -0.25) is 4.90 Å². The van der Waals surface area contributed by atoms with Crippen molar-refractivity contribution in [1.29, 1.82) is 0 Å². The van der Waals surface area contributed by atoms with Gasteiger partial charge in [-0.1, -0.05) is 0 Å². The molecule has 0 spiro atoms. The topological polar surface area (TPSA) is 51.4 Å². The summed E-state index contributed by atoms with van der Waals surface area (Å²) in [5, 5.41) is 3.34. The zero-order chi connectivity index (χ0) is 12.8. The molecule has 4 nitrogen and oxygen atoms in total. The fraction of sp³-hybridized carbons (Fsp3) is 0.769. The van der Waals surface area contributed by atoms with E-state index in [0.29, 0.717) is 12.5 Å². The fourth-order valence-corrected chi connectivity index (χ4v) is 3.36. The zero-order valence-corrected chi connectivity index (χ0v) is 11.9. The van der Waals surface area contributed by atoms with Crippen LogP contribution in [0.3, 0.4) is 0 Å². The summed E-state index contributed by atoms with van der Waals surface area (Å²) in [5.74, 6) is 0.686. The van der Waals surface area contributed by atoms with E-state index < -0.39 is 0 Å². The van der Waals surface area contributed by atoms with Gasteiger partial charge in [0.25, 0.3) is 0 Å². The summed E-state index contributed by atoms with van der Waals surface area (Å²) in [7, 11) is 1.79. The van der Waals surface area contributed by atoms with Crippen LogP contribution in [0.15, 0.2) is 5.38 Å². The normalized spacial score (nSPS) is 21.3. The Bertz CT molecular complexity index is 354. The van der Waals surface area contributed by atoms with Crippen molar-refractivity contribution in [1.82, 2.24) is 9.88 Å². The average Bonchev–Trinajstić information content (AvgIpc) is 2.78. The van der Waals surface area contributed by atoms with Crippen molar-refractivity contribution in [3.63, 3.8) is 0 Å². The van der Waals surface area contributed by atoms with Gasteiger partial charge < -0.3 is 10.5 Å². The summed E-state index contributed by atoms with van der Waals surface area (Å²) < 4.78 is 5.26. The van der Waals surface area contributed by atoms with Crippen molar-refractivity contribution >= 4 is 11.3 Å². The van der Waals surface area contributed by atoms with Gasteiger partial charge in [0.2, 0.25) is 0 Å². The Morgan fingerprint density at radius 3 is 3.28 bits per heavy atom. The number of hydrogen-bond donors (Lipinski definition) is 1. The van der Waals surface area contributed by atoms with E-state index in [4.69, 9.17) is 10.5 Å². The van der Waals surface area contributed by atoms with Gasteiger partial charge in [-0.25, -0.2) is 4.98 Å². The van der Waals surface area contributed by atoms with Crippen LogP contribution in [0.1, 0.15) is 23.5 Å². The standard InChI is InChI=1S/C13H23N3OS/c1-17-9-11-3-2-6-16(7-11)8-12-10-18-13(15-12)4-5-14/h10-11H,2-9,14H2,1H3. The molecule has 0 aromatic carbocycles. The highest BCUT2D eigenvalue weighted by molar-refractivity contribution is 7.09. The minimum atomic E-state index is 0.686. The van der Waals surface area contributed by atoms with Crippen LogP contribution in [-0.4, -0.2) is 43.2 Å². The van der Waals surface area contributed by atoms with Gasteiger partial charge in [-0.2, -0.15) is 0 Å². The number of hydrogen-bond acceptors (Lipinski definition) is 5. The second-order valence-electron chi connectivity index (χ2n) is 4.97. The molecule has 18 heavy (non-hydrogen) atoms. The lowest BCUT2D eigenvalue weighted by Gasteiger charge is -2.31. The van der Waals surface area contributed by atoms with Crippen molar-refractivity contribution in [2.45, 2.75) is 25.8 Å². The number of piperidine rings is 1. The maximum atomic E-state index is 5.55. The minimum absolute atomic E-state index is 0.686. The Morgan fingerprint density at radius 1 is 1.61 bits per heavy atom. The molecule has 0 bridgehead atoms. The first-order valence-corrected chi connectivity index (χ1v) is 7.54. The number of methoxy groups -OCH3 is 1. The second kappa shape index (κ2) is 7.19. The van der Waals surface area contributed by atoms with E-state index in [1.165, 1.54) is 25.1 Å². The quantitative estimate of drug-likeness (QED) is 0.850. The van der Waals surface area contributed by atoms with Crippen molar-refractivity contribution in [2.24, 2.45) is 11.7 Å². The molecule has 1 saturated heterocycles. The molecule has 0 saturated carbocycles. The first kappa shape index (κ1) is 13.9. The Balaban J connectivity index is 1.84. The maximum absolute atomic E-state index is 5.55. The molecule has 0 aliphatic carbocycles. The lowest BCUT2D eigenvalue weighted by molar-refractivity contribution is 0.0868. The van der Waals surface area contributed by atoms with Crippen molar-refractivity contribution < 1.29 is 4.74 Å². The number of ether oxygens (including phenoxy) is 1. The highest BCUT2D eigenvalue weighted by Gasteiger charge is 2.20. The van der Waals surface area contributed by atoms with Crippen LogP contribution < -0.4 is 5.73 Å². The summed E-state index contributed by atoms with van der Waals surface area (Å²) in [6, 6.07) is 0. The Kier molecular flexibility index (Phi) is 5.56. The molecule has 1 aromatic heterocycles. The van der Waals surface area contributed by atoms with Gasteiger partial charge >= 0.3 is 0 Å². The average molecular weight is 269 g/mol. The van der Waals surface area contributed by atoms with Crippen LogP contribution in [0.5, 0.6) is 0 Å². The van der Waals surface area contributed by atoms with Crippen LogP contribution in [0, 0.1) is 5.92 Å². The van der Waals surface area contributed by atoms with E-state index >= 15 is 0 Å². The zero-order valence-electron chi connectivity index (χ0n) is 11.1. The number of likely N-dealkylation sites (tertiary alicyclic amines) is 1. The molecule has 1 atom stereocenters. The summed E-state index contributed by atoms with van der Waals surface area (Å²) in [6.45, 7) is 4.86. The number of nitrogens with two attached hydrogens (primary N) is 1. The SMILES string of the molecule is COCC1CCCN(Cc2csc(CCN)n2)C1. The van der Waals surface area contributed by atoms with Gasteiger partial charge in [0.1, 0.15) is 0 Å². The molecule has 0 amide bonds. The van der Waals surface area contributed by atoms with Gasteiger partial charge in [-0.15, -0.1) is 11.3 Å². The minimum Gasteiger partial charge on any atom is -0.384 e. The van der Waals surface area contributed by atoms with E-state index in [0.717, 1.165) is 31.1 Å². The monoisotopic (exact) mass is 269 g/mol. The first-order chi connectivity index (χ1) is 8.81. The number of thiazole rings is 1. The Labute approximate surface area is 113 Å². The molecule has 1 aromatic rings. The summed E-state index contributed by atoms with van der Waals surface area (Å²) in [6.07, 6.45) is 3.46. The third-order valence-corrected chi connectivity index (χ3v) is 4.31. The van der Waals surface area contributed by atoms with Crippen molar-refractivity contribution in [2.75, 3.05) is 33.4 Å². The molecule has 2 heterocycles. The molecule has 5 heteroatoms. The van der Waals surface area contributed by atoms with Crippen LogP contribution in [-0.2, 0) is 17.7 Å². The highest BCUT2D eigenvalue weighted by Crippen LogP contribution is 2.19. The third kappa shape index (κ3) is 4.02. The van der Waals surface area contributed by atoms with E-state index in [1.54, 1.807) is 18.4 Å².